The summed E-state index contributed by atoms with van der Waals surface area (Å²) in [7, 11) is 3.35. The molecule has 4 nitrogen and oxygen atoms in total. The molecule has 2 rings (SSSR count). The molecule has 1 amide bonds. The number of methoxy groups -OCH3 is 2. The predicted molar refractivity (Wildman–Crippen MR) is 73.5 cm³/mol. The zero-order chi connectivity index (χ0) is 13.7. The monoisotopic (exact) mass is 263 g/mol. The van der Waals surface area contributed by atoms with Crippen molar-refractivity contribution >= 4 is 5.91 Å². The van der Waals surface area contributed by atoms with E-state index in [9.17, 15) is 4.79 Å². The molecule has 0 spiro atoms. The van der Waals surface area contributed by atoms with E-state index in [1.165, 1.54) is 6.42 Å². The van der Waals surface area contributed by atoms with Crippen LogP contribution in [0.1, 0.15) is 36.0 Å². The van der Waals surface area contributed by atoms with Crippen molar-refractivity contribution in [2.24, 2.45) is 0 Å². The fraction of sp³-hybridized carbons (Fsp3) is 0.533. The van der Waals surface area contributed by atoms with Crippen molar-refractivity contribution < 1.29 is 14.3 Å². The van der Waals surface area contributed by atoms with Crippen LogP contribution in [0.5, 0.6) is 5.75 Å². The van der Waals surface area contributed by atoms with Crippen molar-refractivity contribution in [1.82, 2.24) is 5.32 Å². The van der Waals surface area contributed by atoms with Gasteiger partial charge in [0.25, 0.3) is 5.91 Å². The molecule has 0 heterocycles. The van der Waals surface area contributed by atoms with Crippen LogP contribution in [0.3, 0.4) is 0 Å². The first-order valence-electron chi connectivity index (χ1n) is 6.66. The Labute approximate surface area is 114 Å². The highest BCUT2D eigenvalue weighted by molar-refractivity contribution is 5.94. The van der Waals surface area contributed by atoms with Gasteiger partial charge in [0.1, 0.15) is 5.75 Å². The molecule has 0 aliphatic heterocycles. The minimum Gasteiger partial charge on any atom is -0.497 e. The van der Waals surface area contributed by atoms with Gasteiger partial charge in [0.2, 0.25) is 0 Å². The highest BCUT2D eigenvalue weighted by Crippen LogP contribution is 2.37. The lowest BCUT2D eigenvalue weighted by atomic mass is 9.77. The highest BCUT2D eigenvalue weighted by Gasteiger charge is 2.36. The molecule has 104 valence electrons. The molecule has 19 heavy (non-hydrogen) atoms. The van der Waals surface area contributed by atoms with Gasteiger partial charge >= 0.3 is 0 Å². The van der Waals surface area contributed by atoms with E-state index >= 15 is 0 Å². The summed E-state index contributed by atoms with van der Waals surface area (Å²) in [6.07, 6.45) is 4.29. The average Bonchev–Trinajstić information content (AvgIpc) is 2.41. The second-order valence-electron chi connectivity index (χ2n) is 4.98. The molecule has 0 saturated heterocycles. The quantitative estimate of drug-likeness (QED) is 0.857. The Balaban J connectivity index is 1.83. The molecule has 0 aromatic heterocycles. The van der Waals surface area contributed by atoms with E-state index in [0.29, 0.717) is 17.9 Å². The van der Waals surface area contributed by atoms with Gasteiger partial charge in [-0.1, -0.05) is 6.07 Å². The summed E-state index contributed by atoms with van der Waals surface area (Å²) in [6.45, 7) is 0.643. The number of carbonyl (C=O) groups excluding carboxylic acids is 1. The van der Waals surface area contributed by atoms with Gasteiger partial charge in [-0.2, -0.15) is 0 Å². The van der Waals surface area contributed by atoms with E-state index < -0.39 is 0 Å². The van der Waals surface area contributed by atoms with Gasteiger partial charge in [-0.15, -0.1) is 0 Å². The summed E-state index contributed by atoms with van der Waals surface area (Å²) < 4.78 is 10.6. The Hall–Kier alpha value is -1.55. The first-order chi connectivity index (χ1) is 9.19. The number of carbonyl (C=O) groups is 1. The Kier molecular flexibility index (Phi) is 4.43. The molecule has 0 radical (unpaired) electrons. The van der Waals surface area contributed by atoms with Crippen molar-refractivity contribution in [2.45, 2.75) is 31.3 Å². The lowest BCUT2D eigenvalue weighted by molar-refractivity contribution is -0.0764. The lowest BCUT2D eigenvalue weighted by Gasteiger charge is -2.40. The number of hydrogen-bond acceptors (Lipinski definition) is 3. The minimum absolute atomic E-state index is 0.00164. The Morgan fingerprint density at radius 1 is 1.37 bits per heavy atom. The van der Waals surface area contributed by atoms with Gasteiger partial charge < -0.3 is 14.8 Å². The summed E-state index contributed by atoms with van der Waals surface area (Å²) in [5.74, 6) is 0.629. The maximum atomic E-state index is 12.0. The second kappa shape index (κ2) is 6.06. The molecule has 1 N–H and O–H groups in total. The zero-order valence-corrected chi connectivity index (χ0v) is 11.6. The van der Waals surface area contributed by atoms with Crippen molar-refractivity contribution in [3.05, 3.63) is 29.8 Å². The summed E-state index contributed by atoms with van der Waals surface area (Å²) >= 11 is 0. The van der Waals surface area contributed by atoms with E-state index in [0.717, 1.165) is 19.3 Å². The van der Waals surface area contributed by atoms with E-state index in [4.69, 9.17) is 9.47 Å². The maximum Gasteiger partial charge on any atom is 0.251 e. The van der Waals surface area contributed by atoms with Gasteiger partial charge in [-0.25, -0.2) is 0 Å². The Bertz CT molecular complexity index is 435. The molecule has 1 aliphatic carbocycles. The summed E-state index contributed by atoms with van der Waals surface area (Å²) in [4.78, 5) is 12.0. The molecule has 4 heteroatoms. The number of hydrogen-bond donors (Lipinski definition) is 1. The fourth-order valence-corrected chi connectivity index (χ4v) is 2.40. The summed E-state index contributed by atoms with van der Waals surface area (Å²) in [6, 6.07) is 7.17. The molecule has 0 unspecified atom stereocenters. The first kappa shape index (κ1) is 13.9. The topological polar surface area (TPSA) is 47.6 Å². The van der Waals surface area contributed by atoms with Crippen LogP contribution in [-0.2, 0) is 4.74 Å². The lowest BCUT2D eigenvalue weighted by Crippen LogP contribution is -2.42. The van der Waals surface area contributed by atoms with Crippen LogP contribution in [0.2, 0.25) is 0 Å². The number of benzene rings is 1. The van der Waals surface area contributed by atoms with Gasteiger partial charge in [0.15, 0.2) is 0 Å². The van der Waals surface area contributed by atoms with Gasteiger partial charge in [0, 0.05) is 19.2 Å². The molecule has 1 aromatic rings. The Morgan fingerprint density at radius 2 is 2.16 bits per heavy atom. The SMILES string of the molecule is COc1cccc(C(=O)NCCC2(OC)CCC2)c1. The third-order valence-electron chi connectivity index (χ3n) is 3.90. The van der Waals surface area contributed by atoms with Crippen molar-refractivity contribution in [2.75, 3.05) is 20.8 Å². The third kappa shape index (κ3) is 3.26. The molecular formula is C15H21NO3. The zero-order valence-electron chi connectivity index (χ0n) is 11.6. The summed E-state index contributed by atoms with van der Waals surface area (Å²) in [5.41, 5.74) is 0.626. The highest BCUT2D eigenvalue weighted by atomic mass is 16.5. The van der Waals surface area contributed by atoms with Crippen molar-refractivity contribution in [3.8, 4) is 5.75 Å². The fourth-order valence-electron chi connectivity index (χ4n) is 2.40. The van der Waals surface area contributed by atoms with Crippen molar-refractivity contribution in [3.63, 3.8) is 0 Å². The normalized spacial score (nSPS) is 16.5. The number of amides is 1. The van der Waals surface area contributed by atoms with Crippen LogP contribution in [0, 0.1) is 0 Å². The predicted octanol–water partition coefficient (Wildman–Crippen LogP) is 2.38. The second-order valence-corrected chi connectivity index (χ2v) is 4.98. The van der Waals surface area contributed by atoms with Crippen LogP contribution in [-0.4, -0.2) is 32.3 Å². The largest absolute Gasteiger partial charge is 0.497 e. The van der Waals surface area contributed by atoms with Gasteiger partial charge in [-0.3, -0.25) is 4.79 Å². The van der Waals surface area contributed by atoms with E-state index in [1.54, 1.807) is 26.4 Å². The van der Waals surface area contributed by atoms with E-state index in [-0.39, 0.29) is 11.5 Å². The van der Waals surface area contributed by atoms with Crippen LogP contribution < -0.4 is 10.1 Å². The van der Waals surface area contributed by atoms with Crippen LogP contribution >= 0.6 is 0 Å². The van der Waals surface area contributed by atoms with Gasteiger partial charge in [0.05, 0.1) is 12.7 Å². The molecule has 1 aliphatic rings. The number of ether oxygens (including phenoxy) is 2. The molecule has 1 saturated carbocycles. The summed E-state index contributed by atoms with van der Waals surface area (Å²) in [5, 5.41) is 2.93. The third-order valence-corrected chi connectivity index (χ3v) is 3.90. The number of rotatable bonds is 6. The first-order valence-corrected chi connectivity index (χ1v) is 6.66. The smallest absolute Gasteiger partial charge is 0.251 e. The van der Waals surface area contributed by atoms with Crippen molar-refractivity contribution in [1.29, 1.82) is 0 Å². The maximum absolute atomic E-state index is 12.0. The molecular weight excluding hydrogens is 242 g/mol. The standard InChI is InChI=1S/C15H21NO3/c1-18-13-6-3-5-12(11-13)14(17)16-10-9-15(19-2)7-4-8-15/h3,5-6,11H,4,7-10H2,1-2H3,(H,16,17). The Morgan fingerprint density at radius 3 is 2.74 bits per heavy atom. The van der Waals surface area contributed by atoms with Crippen LogP contribution in [0.15, 0.2) is 24.3 Å². The molecule has 1 fully saturated rings. The average molecular weight is 263 g/mol. The van der Waals surface area contributed by atoms with Gasteiger partial charge in [-0.05, 0) is 43.9 Å². The van der Waals surface area contributed by atoms with E-state index in [2.05, 4.69) is 5.32 Å². The molecule has 0 bridgehead atoms. The minimum atomic E-state index is -0.0653. The number of nitrogens with one attached hydrogen (secondary N) is 1. The molecule has 0 atom stereocenters. The van der Waals surface area contributed by atoms with Crippen LogP contribution in [0.25, 0.3) is 0 Å². The van der Waals surface area contributed by atoms with E-state index in [1.807, 2.05) is 12.1 Å². The molecule has 1 aromatic carbocycles. The van der Waals surface area contributed by atoms with Crippen LogP contribution in [0.4, 0.5) is 0 Å².